The summed E-state index contributed by atoms with van der Waals surface area (Å²) in [7, 11) is 1.56. The van der Waals surface area contributed by atoms with E-state index in [1.807, 2.05) is 13.0 Å². The Balaban J connectivity index is 1.59. The molecule has 4 aliphatic rings. The Morgan fingerprint density at radius 3 is 2.33 bits per heavy atom. The van der Waals surface area contributed by atoms with E-state index >= 15 is 0 Å². The molecule has 0 unspecified atom stereocenters. The van der Waals surface area contributed by atoms with Gasteiger partial charge in [0.15, 0.2) is 11.5 Å². The van der Waals surface area contributed by atoms with E-state index in [-0.39, 0.29) is 35.5 Å². The molecule has 1 aromatic carbocycles. The van der Waals surface area contributed by atoms with E-state index in [0.717, 1.165) is 22.3 Å². The summed E-state index contributed by atoms with van der Waals surface area (Å²) in [6, 6.07) is 3.59. The normalized spacial score (nSPS) is 28.9. The highest BCUT2D eigenvalue weighted by molar-refractivity contribution is 9.10. The van der Waals surface area contributed by atoms with Gasteiger partial charge in [-0.2, -0.15) is 10.1 Å². The highest BCUT2D eigenvalue weighted by Gasteiger charge is 2.56. The lowest BCUT2D eigenvalue weighted by atomic mass is 9.63. The summed E-state index contributed by atoms with van der Waals surface area (Å²) >= 11 is 3.47. The van der Waals surface area contributed by atoms with Crippen LogP contribution in [0.4, 0.5) is 0 Å². The predicted octanol–water partition coefficient (Wildman–Crippen LogP) is 3.39. The summed E-state index contributed by atoms with van der Waals surface area (Å²) in [6.07, 6.45) is 7.67. The maximum atomic E-state index is 12.8. The summed E-state index contributed by atoms with van der Waals surface area (Å²) in [4.78, 5) is 25.6. The van der Waals surface area contributed by atoms with Gasteiger partial charge in [0.2, 0.25) is 0 Å². The van der Waals surface area contributed by atoms with Gasteiger partial charge in [0, 0.05) is 0 Å². The van der Waals surface area contributed by atoms with Crippen LogP contribution in [0.1, 0.15) is 25.3 Å². The van der Waals surface area contributed by atoms with E-state index < -0.39 is 0 Å². The number of fused-ring (bicyclic) bond motifs is 1. The van der Waals surface area contributed by atoms with Gasteiger partial charge in [-0.25, -0.2) is 0 Å². The zero-order chi connectivity index (χ0) is 19.1. The number of allylic oxidation sites excluding steroid dienone is 2. The van der Waals surface area contributed by atoms with E-state index in [2.05, 4.69) is 33.2 Å². The molecule has 2 fully saturated rings. The molecule has 2 bridgehead atoms. The van der Waals surface area contributed by atoms with Crippen molar-refractivity contribution in [3.63, 3.8) is 0 Å². The maximum absolute atomic E-state index is 12.8. The second-order valence-electron chi connectivity index (χ2n) is 7.04. The Hall–Kier alpha value is -2.15. The van der Waals surface area contributed by atoms with Crippen LogP contribution in [-0.2, 0) is 9.59 Å². The van der Waals surface area contributed by atoms with E-state index in [1.54, 1.807) is 13.2 Å². The van der Waals surface area contributed by atoms with Crippen molar-refractivity contribution in [3.05, 3.63) is 34.3 Å². The van der Waals surface area contributed by atoms with Crippen LogP contribution >= 0.6 is 15.9 Å². The zero-order valence-corrected chi connectivity index (χ0v) is 16.8. The number of methoxy groups -OCH3 is 1. The van der Waals surface area contributed by atoms with Crippen molar-refractivity contribution < 1.29 is 19.1 Å². The van der Waals surface area contributed by atoms with Gasteiger partial charge in [-0.15, -0.1) is 0 Å². The van der Waals surface area contributed by atoms with Crippen molar-refractivity contribution in [1.29, 1.82) is 0 Å². The average Bonchev–Trinajstić information content (AvgIpc) is 2.95. The SMILES string of the molecule is CCOc1c(Br)cc(/C=N\N2C(=O)[C@@H]3[C@H](C2=O)[C@H]2C=C[C@H]3CC2)cc1OC. The number of benzene rings is 1. The molecule has 27 heavy (non-hydrogen) atoms. The molecule has 1 aliphatic heterocycles. The van der Waals surface area contributed by atoms with E-state index in [1.165, 1.54) is 6.21 Å². The Labute approximate surface area is 166 Å². The topological polar surface area (TPSA) is 68.2 Å². The van der Waals surface area contributed by atoms with Crippen molar-refractivity contribution >= 4 is 34.0 Å². The number of carbonyl (C=O) groups is 2. The number of hydrazone groups is 1. The van der Waals surface area contributed by atoms with Crippen LogP contribution in [0.3, 0.4) is 0 Å². The lowest BCUT2D eigenvalue weighted by Gasteiger charge is -2.37. The summed E-state index contributed by atoms with van der Waals surface area (Å²) in [5.74, 6) is 0.629. The van der Waals surface area contributed by atoms with Gasteiger partial charge in [0.25, 0.3) is 11.8 Å². The van der Waals surface area contributed by atoms with Gasteiger partial charge in [0.1, 0.15) is 0 Å². The predicted molar refractivity (Wildman–Crippen MR) is 104 cm³/mol. The second kappa shape index (κ2) is 7.11. The molecule has 1 aromatic rings. The monoisotopic (exact) mass is 432 g/mol. The molecule has 0 N–H and O–H groups in total. The minimum absolute atomic E-state index is 0.163. The molecule has 0 radical (unpaired) electrons. The number of imide groups is 1. The first-order valence-corrected chi connectivity index (χ1v) is 9.95. The number of halogens is 1. The Morgan fingerprint density at radius 1 is 1.19 bits per heavy atom. The van der Waals surface area contributed by atoms with E-state index in [4.69, 9.17) is 9.47 Å². The molecule has 5 rings (SSSR count). The van der Waals surface area contributed by atoms with Gasteiger partial charge >= 0.3 is 0 Å². The smallest absolute Gasteiger partial charge is 0.254 e. The standard InChI is InChI=1S/C20H21BrN2O4/c1-3-27-18-14(21)8-11(9-15(18)26-2)10-22-23-19(24)16-12-4-5-13(7-6-12)17(16)20(23)25/h4-5,8-10,12-13,16-17H,3,6-7H2,1-2H3/b22-10-/t12-,13-,16-,17+/m0/s1. The van der Waals surface area contributed by atoms with Crippen molar-refractivity contribution in [2.24, 2.45) is 28.8 Å². The molecule has 2 amide bonds. The largest absolute Gasteiger partial charge is 0.493 e. The molecule has 0 spiro atoms. The van der Waals surface area contributed by atoms with Gasteiger partial charge in [0.05, 0.1) is 36.2 Å². The molecule has 1 saturated heterocycles. The highest BCUT2D eigenvalue weighted by Crippen LogP contribution is 2.49. The lowest BCUT2D eigenvalue weighted by Crippen LogP contribution is -2.38. The molecule has 0 aromatic heterocycles. The fraction of sp³-hybridized carbons (Fsp3) is 0.450. The molecule has 3 aliphatic carbocycles. The van der Waals surface area contributed by atoms with E-state index in [9.17, 15) is 9.59 Å². The minimum atomic E-state index is -0.250. The third kappa shape index (κ3) is 2.98. The van der Waals surface area contributed by atoms with Crippen molar-refractivity contribution in [2.45, 2.75) is 19.8 Å². The Morgan fingerprint density at radius 2 is 1.81 bits per heavy atom. The van der Waals surface area contributed by atoms with Gasteiger partial charge in [-0.3, -0.25) is 9.59 Å². The van der Waals surface area contributed by atoms with Crippen LogP contribution in [0, 0.1) is 23.7 Å². The van der Waals surface area contributed by atoms with Crippen LogP contribution in [0.2, 0.25) is 0 Å². The molecule has 4 atom stereocenters. The van der Waals surface area contributed by atoms with Crippen LogP contribution in [-0.4, -0.2) is 36.8 Å². The third-order valence-corrected chi connectivity index (χ3v) is 6.19. The molecule has 1 saturated carbocycles. The highest BCUT2D eigenvalue weighted by atomic mass is 79.9. The first-order chi connectivity index (χ1) is 13.0. The number of amides is 2. The number of nitrogens with zero attached hydrogens (tertiary/aromatic N) is 2. The summed E-state index contributed by atoms with van der Waals surface area (Å²) in [5, 5.41) is 5.29. The third-order valence-electron chi connectivity index (χ3n) is 5.60. The molecule has 6 nitrogen and oxygen atoms in total. The van der Waals surface area contributed by atoms with Crippen molar-refractivity contribution in [3.8, 4) is 11.5 Å². The van der Waals surface area contributed by atoms with Crippen LogP contribution in [0.5, 0.6) is 11.5 Å². The molecular weight excluding hydrogens is 412 g/mol. The fourth-order valence-corrected chi connectivity index (χ4v) is 4.97. The van der Waals surface area contributed by atoms with Crippen LogP contribution in [0.25, 0.3) is 0 Å². The van der Waals surface area contributed by atoms with E-state index in [0.29, 0.717) is 23.7 Å². The van der Waals surface area contributed by atoms with Crippen LogP contribution in [0.15, 0.2) is 33.9 Å². The van der Waals surface area contributed by atoms with Crippen LogP contribution < -0.4 is 9.47 Å². The van der Waals surface area contributed by atoms with Crippen molar-refractivity contribution in [1.82, 2.24) is 5.01 Å². The molecule has 142 valence electrons. The minimum Gasteiger partial charge on any atom is -0.493 e. The number of hydrogen-bond donors (Lipinski definition) is 0. The Bertz CT molecular complexity index is 819. The number of ether oxygens (including phenoxy) is 2. The quantitative estimate of drug-likeness (QED) is 0.406. The number of hydrogen-bond acceptors (Lipinski definition) is 5. The fourth-order valence-electron chi connectivity index (χ4n) is 4.40. The number of carbonyl (C=O) groups excluding carboxylic acids is 2. The van der Waals surface area contributed by atoms with Gasteiger partial charge in [-0.1, -0.05) is 12.2 Å². The van der Waals surface area contributed by atoms with Gasteiger partial charge < -0.3 is 9.47 Å². The van der Waals surface area contributed by atoms with Crippen molar-refractivity contribution in [2.75, 3.05) is 13.7 Å². The average molecular weight is 433 g/mol. The summed E-state index contributed by atoms with van der Waals surface area (Å²) in [6.45, 7) is 2.41. The summed E-state index contributed by atoms with van der Waals surface area (Å²) < 4.78 is 11.7. The second-order valence-corrected chi connectivity index (χ2v) is 7.90. The lowest BCUT2D eigenvalue weighted by molar-refractivity contribution is -0.140. The molecule has 7 heteroatoms. The summed E-state index contributed by atoms with van der Waals surface area (Å²) in [5.41, 5.74) is 0.707. The zero-order valence-electron chi connectivity index (χ0n) is 15.2. The van der Waals surface area contributed by atoms with Gasteiger partial charge in [-0.05, 0) is 65.2 Å². The molecule has 1 heterocycles. The first kappa shape index (κ1) is 18.2. The first-order valence-electron chi connectivity index (χ1n) is 9.15. The number of rotatable bonds is 5. The Kier molecular flexibility index (Phi) is 4.80. The molecular formula is C20H21BrN2O4. The maximum Gasteiger partial charge on any atom is 0.254 e.